The van der Waals surface area contributed by atoms with E-state index in [0.29, 0.717) is 4.83 Å². The van der Waals surface area contributed by atoms with Gasteiger partial charge in [0.2, 0.25) is 0 Å². The maximum atomic E-state index is 3.59. The zero-order valence-corrected chi connectivity index (χ0v) is 11.8. The van der Waals surface area contributed by atoms with E-state index in [-0.39, 0.29) is 0 Å². The van der Waals surface area contributed by atoms with Crippen LogP contribution in [0.3, 0.4) is 0 Å². The highest BCUT2D eigenvalue weighted by molar-refractivity contribution is 9.09. The van der Waals surface area contributed by atoms with E-state index in [9.17, 15) is 0 Å². The average Bonchev–Trinajstić information content (AvgIpc) is 2.13. The second kappa shape index (κ2) is 4.98. The van der Waals surface area contributed by atoms with Gasteiger partial charge in [-0.05, 0) is 56.9 Å². The Morgan fingerprint density at radius 1 is 1.13 bits per heavy atom. The molecule has 1 aromatic rings. The molecule has 0 saturated carbocycles. The molecule has 1 unspecified atom stereocenters. The normalized spacial score (nSPS) is 14.1. The van der Waals surface area contributed by atoms with E-state index in [2.05, 4.69) is 68.8 Å². The Morgan fingerprint density at radius 3 is 2.20 bits per heavy atom. The highest BCUT2D eigenvalue weighted by Crippen LogP contribution is 2.20. The van der Waals surface area contributed by atoms with Gasteiger partial charge in [-0.25, -0.2) is 0 Å². The minimum Gasteiger partial charge on any atom is -0.0845 e. The molecule has 0 aromatic heterocycles. The van der Waals surface area contributed by atoms with Crippen LogP contribution in [0, 0.1) is 20.8 Å². The number of halogens is 1. The third-order valence-electron chi connectivity index (χ3n) is 2.89. The molecule has 0 bridgehead atoms. The van der Waals surface area contributed by atoms with Crippen molar-refractivity contribution in [3.63, 3.8) is 0 Å². The molecule has 0 aliphatic rings. The van der Waals surface area contributed by atoms with Gasteiger partial charge in [0.05, 0.1) is 0 Å². The van der Waals surface area contributed by atoms with Crippen LogP contribution in [0.25, 0.3) is 6.08 Å². The van der Waals surface area contributed by atoms with Crippen molar-refractivity contribution in [2.24, 2.45) is 0 Å². The number of allylic oxidation sites excluding steroid dienone is 1. The summed E-state index contributed by atoms with van der Waals surface area (Å²) in [6, 6.07) is 4.52. The summed E-state index contributed by atoms with van der Waals surface area (Å²) in [5, 5.41) is 0. The van der Waals surface area contributed by atoms with E-state index in [1.165, 1.54) is 27.8 Å². The van der Waals surface area contributed by atoms with E-state index in [0.717, 1.165) is 0 Å². The van der Waals surface area contributed by atoms with Crippen molar-refractivity contribution in [3.8, 4) is 0 Å². The molecule has 1 aromatic carbocycles. The van der Waals surface area contributed by atoms with Gasteiger partial charge >= 0.3 is 0 Å². The van der Waals surface area contributed by atoms with E-state index in [1.54, 1.807) is 0 Å². The summed E-state index contributed by atoms with van der Waals surface area (Å²) in [6.45, 7) is 10.8. The first kappa shape index (κ1) is 12.5. The first-order valence-corrected chi connectivity index (χ1v) is 6.23. The van der Waals surface area contributed by atoms with Crippen LogP contribution in [0.4, 0.5) is 0 Å². The Balaban J connectivity index is 3.16. The van der Waals surface area contributed by atoms with Crippen molar-refractivity contribution in [1.82, 2.24) is 0 Å². The molecule has 0 aliphatic carbocycles. The van der Waals surface area contributed by atoms with Crippen LogP contribution in [0.15, 0.2) is 17.7 Å². The Labute approximate surface area is 102 Å². The van der Waals surface area contributed by atoms with E-state index >= 15 is 0 Å². The fourth-order valence-electron chi connectivity index (χ4n) is 1.50. The predicted molar refractivity (Wildman–Crippen MR) is 72.7 cm³/mol. The van der Waals surface area contributed by atoms with Gasteiger partial charge in [-0.15, -0.1) is 0 Å². The summed E-state index contributed by atoms with van der Waals surface area (Å²) in [6.07, 6.45) is 2.27. The van der Waals surface area contributed by atoms with Crippen molar-refractivity contribution < 1.29 is 0 Å². The second-order valence-corrected chi connectivity index (χ2v) is 5.67. The summed E-state index contributed by atoms with van der Waals surface area (Å²) < 4.78 is 0. The number of alkyl halides is 1. The molecule has 0 spiro atoms. The third-order valence-corrected chi connectivity index (χ3v) is 3.62. The van der Waals surface area contributed by atoms with Gasteiger partial charge in [0.1, 0.15) is 0 Å². The summed E-state index contributed by atoms with van der Waals surface area (Å²) in [4.78, 5) is 0.443. The Hall–Kier alpha value is -0.560. The predicted octanol–water partition coefficient (Wildman–Crippen LogP) is 4.80. The maximum Gasteiger partial charge on any atom is 0.0326 e. The molecule has 1 rings (SSSR count). The zero-order chi connectivity index (χ0) is 11.6. The van der Waals surface area contributed by atoms with Crippen LogP contribution < -0.4 is 0 Å². The van der Waals surface area contributed by atoms with Gasteiger partial charge < -0.3 is 0 Å². The Kier molecular flexibility index (Phi) is 4.15. The van der Waals surface area contributed by atoms with Crippen LogP contribution in [0.2, 0.25) is 0 Å². The molecule has 0 saturated heterocycles. The van der Waals surface area contributed by atoms with Crippen molar-refractivity contribution in [3.05, 3.63) is 40.0 Å². The van der Waals surface area contributed by atoms with Crippen LogP contribution in [-0.4, -0.2) is 4.83 Å². The molecule has 15 heavy (non-hydrogen) atoms. The van der Waals surface area contributed by atoms with Crippen LogP contribution in [0.5, 0.6) is 0 Å². The standard InChI is InChI=1S/C14H19Br/c1-9-6-12(4)14(7-10(9)2)8-11(3)13(5)15/h6-8,13H,1-5H3/b11-8+. The van der Waals surface area contributed by atoms with Crippen molar-refractivity contribution >= 4 is 22.0 Å². The molecule has 0 heterocycles. The number of hydrogen-bond acceptors (Lipinski definition) is 0. The third kappa shape index (κ3) is 3.20. The molecular weight excluding hydrogens is 248 g/mol. The SMILES string of the molecule is C/C(=C\c1cc(C)c(C)cc1C)C(C)Br. The molecule has 0 N–H and O–H groups in total. The van der Waals surface area contributed by atoms with E-state index in [4.69, 9.17) is 0 Å². The van der Waals surface area contributed by atoms with Crippen LogP contribution in [0.1, 0.15) is 36.1 Å². The Morgan fingerprint density at radius 2 is 1.67 bits per heavy atom. The number of rotatable bonds is 2. The molecule has 0 radical (unpaired) electrons. The monoisotopic (exact) mass is 266 g/mol. The highest BCUT2D eigenvalue weighted by Gasteiger charge is 2.02. The lowest BCUT2D eigenvalue weighted by Crippen LogP contribution is -1.93. The summed E-state index contributed by atoms with van der Waals surface area (Å²) >= 11 is 3.59. The topological polar surface area (TPSA) is 0 Å². The number of benzene rings is 1. The van der Waals surface area contributed by atoms with Crippen LogP contribution in [-0.2, 0) is 0 Å². The van der Waals surface area contributed by atoms with Gasteiger partial charge in [0.15, 0.2) is 0 Å². The Bertz CT molecular complexity index is 387. The fraction of sp³-hybridized carbons (Fsp3) is 0.429. The van der Waals surface area contributed by atoms with Gasteiger partial charge in [-0.3, -0.25) is 0 Å². The fourth-order valence-corrected chi connectivity index (χ4v) is 1.63. The van der Waals surface area contributed by atoms with Gasteiger partial charge in [0, 0.05) is 4.83 Å². The lowest BCUT2D eigenvalue weighted by molar-refractivity contribution is 1.15. The molecule has 0 aliphatic heterocycles. The zero-order valence-electron chi connectivity index (χ0n) is 10.2. The first-order valence-electron chi connectivity index (χ1n) is 5.32. The van der Waals surface area contributed by atoms with E-state index in [1.807, 2.05) is 0 Å². The molecule has 0 fully saturated rings. The molecule has 0 nitrogen and oxygen atoms in total. The molecule has 0 amide bonds. The number of aryl methyl sites for hydroxylation is 3. The highest BCUT2D eigenvalue weighted by atomic mass is 79.9. The molecule has 82 valence electrons. The van der Waals surface area contributed by atoms with Crippen molar-refractivity contribution in [1.29, 1.82) is 0 Å². The largest absolute Gasteiger partial charge is 0.0845 e. The van der Waals surface area contributed by atoms with Crippen molar-refractivity contribution in [2.45, 2.75) is 39.4 Å². The van der Waals surface area contributed by atoms with Crippen molar-refractivity contribution in [2.75, 3.05) is 0 Å². The molecule has 1 heteroatoms. The average molecular weight is 267 g/mol. The molecular formula is C14H19Br. The summed E-state index contributed by atoms with van der Waals surface area (Å²) in [5.41, 5.74) is 6.78. The van der Waals surface area contributed by atoms with E-state index < -0.39 is 0 Å². The summed E-state index contributed by atoms with van der Waals surface area (Å²) in [7, 11) is 0. The second-order valence-electron chi connectivity index (χ2n) is 4.30. The minimum absolute atomic E-state index is 0.443. The quantitative estimate of drug-likeness (QED) is 0.675. The lowest BCUT2D eigenvalue weighted by Gasteiger charge is -2.09. The maximum absolute atomic E-state index is 3.59. The van der Waals surface area contributed by atoms with Crippen LogP contribution >= 0.6 is 15.9 Å². The van der Waals surface area contributed by atoms with Gasteiger partial charge in [-0.2, -0.15) is 0 Å². The van der Waals surface area contributed by atoms with Gasteiger partial charge in [-0.1, -0.05) is 39.7 Å². The lowest BCUT2D eigenvalue weighted by atomic mass is 9.99. The minimum atomic E-state index is 0.443. The number of hydrogen-bond donors (Lipinski definition) is 0. The molecule has 1 atom stereocenters. The smallest absolute Gasteiger partial charge is 0.0326 e. The van der Waals surface area contributed by atoms with Gasteiger partial charge in [0.25, 0.3) is 0 Å². The summed E-state index contributed by atoms with van der Waals surface area (Å²) in [5.74, 6) is 0. The first-order chi connectivity index (χ1) is 6.91.